The normalized spacial score (nSPS) is 13.0. The summed E-state index contributed by atoms with van der Waals surface area (Å²) >= 11 is 0. The molecule has 0 aliphatic rings. The Morgan fingerprint density at radius 3 is 1.62 bits per heavy atom. The van der Waals surface area contributed by atoms with E-state index < -0.39 is 20.3 Å². The number of carbonyl (C=O) groups excluding carboxylic acids is 1. The highest BCUT2D eigenvalue weighted by Crippen LogP contribution is 2.27. The fourth-order valence-electron chi connectivity index (χ4n) is 5.38. The number of ether oxygens (including phenoxy) is 1. The summed E-state index contributed by atoms with van der Waals surface area (Å²) in [4.78, 5) is 16.9. The van der Waals surface area contributed by atoms with E-state index in [2.05, 4.69) is 90.9 Å². The number of hydrogen-bond acceptors (Lipinski definition) is 4. The zero-order chi connectivity index (χ0) is 30.7. The highest BCUT2D eigenvalue weighted by molar-refractivity contribution is 6.83. The van der Waals surface area contributed by atoms with Gasteiger partial charge in [0, 0.05) is 31.2 Å². The molecular formula is C36H48N2O3Si. The third-order valence-electron chi connectivity index (χ3n) is 7.38. The second kappa shape index (κ2) is 15.7. The minimum atomic E-state index is -2.11. The Morgan fingerprint density at radius 2 is 1.21 bits per heavy atom. The molecule has 224 valence electrons. The van der Waals surface area contributed by atoms with Gasteiger partial charge >= 0.3 is 6.09 Å². The molecule has 0 heterocycles. The van der Waals surface area contributed by atoms with E-state index in [1.54, 1.807) is 4.90 Å². The van der Waals surface area contributed by atoms with Crippen LogP contribution >= 0.6 is 0 Å². The van der Waals surface area contributed by atoms with Crippen LogP contribution in [-0.2, 0) is 24.2 Å². The van der Waals surface area contributed by atoms with Gasteiger partial charge in [-0.2, -0.15) is 0 Å². The van der Waals surface area contributed by atoms with Gasteiger partial charge in [-0.1, -0.05) is 116 Å². The van der Waals surface area contributed by atoms with Gasteiger partial charge in [0.2, 0.25) is 0 Å². The zero-order valence-corrected chi connectivity index (χ0v) is 27.3. The molecule has 0 unspecified atom stereocenters. The van der Waals surface area contributed by atoms with Crippen molar-refractivity contribution in [3.05, 3.63) is 125 Å². The van der Waals surface area contributed by atoms with Crippen LogP contribution in [0, 0.1) is 0 Å². The third kappa shape index (κ3) is 9.85. The first-order valence-electron chi connectivity index (χ1n) is 15.0. The summed E-state index contributed by atoms with van der Waals surface area (Å²) in [6, 6.07) is 30.9. The second-order valence-electron chi connectivity index (χ2n) is 12.5. The van der Waals surface area contributed by atoms with Gasteiger partial charge in [0.05, 0.1) is 14.2 Å². The molecule has 3 rings (SSSR count). The van der Waals surface area contributed by atoms with E-state index in [0.717, 1.165) is 10.8 Å². The Bertz CT molecular complexity index is 1250. The fraction of sp³-hybridized carbons (Fsp3) is 0.389. The Morgan fingerprint density at radius 1 is 0.786 bits per heavy atom. The minimum Gasteiger partial charge on any atom is -0.410 e. The molecule has 5 nitrogen and oxygen atoms in total. The molecule has 6 heteroatoms. The number of amides is 1. The first-order valence-corrected chi connectivity index (χ1v) is 18.5. The van der Waals surface area contributed by atoms with E-state index in [4.69, 9.17) is 4.74 Å². The monoisotopic (exact) mass is 584 g/mol. The third-order valence-corrected chi connectivity index (χ3v) is 9.44. The molecule has 0 fully saturated rings. The fourth-order valence-corrected chi connectivity index (χ4v) is 6.95. The van der Waals surface area contributed by atoms with Crippen molar-refractivity contribution in [2.75, 3.05) is 0 Å². The van der Waals surface area contributed by atoms with Crippen LogP contribution in [0.2, 0.25) is 19.6 Å². The maximum Gasteiger partial charge on any atom is 0.415 e. The van der Waals surface area contributed by atoms with Crippen LogP contribution in [0.1, 0.15) is 44.4 Å². The number of nitrogens with zero attached hydrogens (tertiary/aromatic N) is 2. The summed E-state index contributed by atoms with van der Waals surface area (Å²) in [5.74, 6) is 0. The summed E-state index contributed by atoms with van der Waals surface area (Å²) in [7, 11) is -2.11. The number of aliphatic hydroxyl groups is 1. The molecule has 2 atom stereocenters. The Balaban J connectivity index is 2.06. The number of carbonyl (C=O) groups is 1. The zero-order valence-electron chi connectivity index (χ0n) is 26.3. The number of hydrogen-bond donors (Lipinski definition) is 1. The van der Waals surface area contributed by atoms with Gasteiger partial charge in [0.15, 0.2) is 0 Å². The van der Waals surface area contributed by atoms with E-state index >= 15 is 0 Å². The smallest absolute Gasteiger partial charge is 0.410 e. The Hall–Kier alpha value is -3.41. The molecule has 0 saturated heterocycles. The van der Waals surface area contributed by atoms with Crippen molar-refractivity contribution in [3.63, 3.8) is 0 Å². The van der Waals surface area contributed by atoms with Crippen molar-refractivity contribution < 1.29 is 14.6 Å². The molecular weight excluding hydrogens is 536 g/mol. The van der Waals surface area contributed by atoms with Crippen molar-refractivity contribution in [1.82, 2.24) is 9.80 Å². The van der Waals surface area contributed by atoms with E-state index in [1.165, 1.54) is 17.4 Å². The van der Waals surface area contributed by atoms with Gasteiger partial charge in [-0.15, -0.1) is 0 Å². The molecule has 1 amide bonds. The lowest BCUT2D eigenvalue weighted by molar-refractivity contribution is 0.0638. The average Bonchev–Trinajstić information content (AvgIpc) is 2.94. The predicted molar refractivity (Wildman–Crippen MR) is 176 cm³/mol. The van der Waals surface area contributed by atoms with Gasteiger partial charge in [-0.25, -0.2) is 4.79 Å². The molecule has 0 bridgehead atoms. The van der Waals surface area contributed by atoms with Crippen molar-refractivity contribution in [2.45, 2.75) is 91.1 Å². The van der Waals surface area contributed by atoms with Crippen LogP contribution in [0.25, 0.3) is 0 Å². The predicted octanol–water partition coefficient (Wildman–Crippen LogP) is 7.83. The van der Waals surface area contributed by atoms with Crippen molar-refractivity contribution in [2.24, 2.45) is 0 Å². The summed E-state index contributed by atoms with van der Waals surface area (Å²) < 4.78 is 5.58. The standard InChI is InChI=1S/C36H48N2O3Si/c1-28(2)38(29(3)4)36(40)41-24-23-34(42(5,6)7)35(39)33(25-30-17-11-8-12-18-30)37(26-31-19-13-9-14-20-31)27-32-21-15-10-16-22-32/h8-22,24,28-29,33,35,39H,25-27H2,1-7H3/t23?,33-,35-/m0/s1. The lowest BCUT2D eigenvalue weighted by Gasteiger charge is -2.38. The van der Waals surface area contributed by atoms with Crippen LogP contribution in [0.5, 0.6) is 0 Å². The number of rotatable bonds is 13. The SMILES string of the molecule is CC(C)N(C(=O)OC=C=C([C@@H](O)[C@H](Cc1ccccc1)N(Cc1ccccc1)Cc1ccccc1)[Si](C)(C)C)C(C)C. The van der Waals surface area contributed by atoms with Gasteiger partial charge in [-0.3, -0.25) is 4.90 Å². The maximum absolute atomic E-state index is 12.9. The molecule has 42 heavy (non-hydrogen) atoms. The van der Waals surface area contributed by atoms with Crippen LogP contribution in [0.4, 0.5) is 4.79 Å². The van der Waals surface area contributed by atoms with Crippen molar-refractivity contribution >= 4 is 14.2 Å². The van der Waals surface area contributed by atoms with Gasteiger partial charge in [0.1, 0.15) is 6.26 Å². The van der Waals surface area contributed by atoms with Crippen molar-refractivity contribution in [1.29, 1.82) is 0 Å². The van der Waals surface area contributed by atoms with E-state index in [-0.39, 0.29) is 18.1 Å². The Kier molecular flexibility index (Phi) is 12.4. The van der Waals surface area contributed by atoms with Crippen molar-refractivity contribution in [3.8, 4) is 0 Å². The molecule has 3 aromatic rings. The molecule has 0 radical (unpaired) electrons. The van der Waals surface area contributed by atoms with Crippen LogP contribution in [0.3, 0.4) is 0 Å². The van der Waals surface area contributed by atoms with Crippen LogP contribution < -0.4 is 0 Å². The van der Waals surface area contributed by atoms with Gasteiger partial charge < -0.3 is 14.7 Å². The summed E-state index contributed by atoms with van der Waals surface area (Å²) in [6.07, 6.45) is 0.791. The largest absolute Gasteiger partial charge is 0.415 e. The average molecular weight is 585 g/mol. The van der Waals surface area contributed by atoms with E-state index in [9.17, 15) is 9.90 Å². The lowest BCUT2D eigenvalue weighted by atomic mass is 9.97. The first-order chi connectivity index (χ1) is 20.0. The van der Waals surface area contributed by atoms with Gasteiger partial charge in [0.25, 0.3) is 0 Å². The quantitative estimate of drug-likeness (QED) is 0.126. The lowest BCUT2D eigenvalue weighted by Crippen LogP contribution is -2.48. The van der Waals surface area contributed by atoms with Crippen LogP contribution in [0.15, 0.2) is 108 Å². The highest BCUT2D eigenvalue weighted by atomic mass is 28.3. The number of aliphatic hydroxyl groups excluding tert-OH is 1. The summed E-state index contributed by atoms with van der Waals surface area (Å²) in [6.45, 7) is 15.8. The van der Waals surface area contributed by atoms with Crippen LogP contribution in [-0.4, -0.2) is 53.3 Å². The second-order valence-corrected chi connectivity index (χ2v) is 17.5. The molecule has 3 aromatic carbocycles. The molecule has 0 aliphatic carbocycles. The molecule has 0 spiro atoms. The molecule has 0 aliphatic heterocycles. The molecule has 1 N–H and O–H groups in total. The Labute approximate surface area is 254 Å². The van der Waals surface area contributed by atoms with Gasteiger partial charge in [-0.05, 0) is 56.0 Å². The number of benzene rings is 3. The minimum absolute atomic E-state index is 0.0108. The first kappa shape index (κ1) is 33.1. The summed E-state index contributed by atoms with van der Waals surface area (Å²) in [5.41, 5.74) is 6.80. The molecule has 0 aromatic heterocycles. The van der Waals surface area contributed by atoms with E-state index in [1.807, 2.05) is 58.0 Å². The summed E-state index contributed by atoms with van der Waals surface area (Å²) in [5, 5.41) is 13.1. The van der Waals surface area contributed by atoms with E-state index in [0.29, 0.717) is 19.5 Å². The topological polar surface area (TPSA) is 53.0 Å². The highest BCUT2D eigenvalue weighted by Gasteiger charge is 2.35. The molecule has 0 saturated carbocycles. The maximum atomic E-state index is 12.9.